The molecule has 2 unspecified atom stereocenters. The Morgan fingerprint density at radius 1 is 1.05 bits per heavy atom. The van der Waals surface area contributed by atoms with Gasteiger partial charge < -0.3 is 0 Å². The van der Waals surface area contributed by atoms with Crippen molar-refractivity contribution in [2.24, 2.45) is 0 Å². The van der Waals surface area contributed by atoms with Gasteiger partial charge in [-0.3, -0.25) is 0 Å². The van der Waals surface area contributed by atoms with Crippen LogP contribution >= 0.6 is 11.6 Å². The Bertz CT molecular complexity index is 442. The molecule has 0 radical (unpaired) electrons. The standard InChI is InChI=1S/C14H15ClF4/c15-12-5-3-1-2-4-10(12)9-6-7-11(13(16)8-9)14(17,18)19/h6-8,10,12H,1-5H2. The lowest BCUT2D eigenvalue weighted by atomic mass is 9.90. The van der Waals surface area contributed by atoms with Crippen LogP contribution in [0.4, 0.5) is 17.6 Å². The molecular weight excluding hydrogens is 280 g/mol. The number of benzene rings is 1. The molecule has 5 heteroatoms. The third-order valence-corrected chi connectivity index (χ3v) is 4.18. The van der Waals surface area contributed by atoms with Gasteiger partial charge in [-0.05, 0) is 30.5 Å². The lowest BCUT2D eigenvalue weighted by molar-refractivity contribution is -0.140. The highest BCUT2D eigenvalue weighted by atomic mass is 35.5. The number of alkyl halides is 4. The van der Waals surface area contributed by atoms with Crippen molar-refractivity contribution < 1.29 is 17.6 Å². The fourth-order valence-corrected chi connectivity index (χ4v) is 3.06. The largest absolute Gasteiger partial charge is 0.419 e. The Morgan fingerprint density at radius 3 is 2.37 bits per heavy atom. The molecule has 1 aromatic rings. The van der Waals surface area contributed by atoms with Gasteiger partial charge in [0, 0.05) is 11.3 Å². The van der Waals surface area contributed by atoms with E-state index in [-0.39, 0.29) is 11.3 Å². The molecule has 1 aliphatic rings. The van der Waals surface area contributed by atoms with Gasteiger partial charge in [-0.1, -0.05) is 25.3 Å². The molecule has 1 saturated carbocycles. The van der Waals surface area contributed by atoms with Crippen molar-refractivity contribution in [2.75, 3.05) is 0 Å². The molecular formula is C14H15ClF4. The molecule has 0 amide bonds. The van der Waals surface area contributed by atoms with Gasteiger partial charge in [0.15, 0.2) is 0 Å². The van der Waals surface area contributed by atoms with Crippen molar-refractivity contribution in [3.63, 3.8) is 0 Å². The molecule has 1 aromatic carbocycles. The second-order valence-electron chi connectivity index (χ2n) is 5.00. The maximum Gasteiger partial charge on any atom is 0.419 e. The van der Waals surface area contributed by atoms with Crippen LogP contribution in [0, 0.1) is 5.82 Å². The summed E-state index contributed by atoms with van der Waals surface area (Å²) in [6.45, 7) is 0. The van der Waals surface area contributed by atoms with E-state index in [2.05, 4.69) is 0 Å². The summed E-state index contributed by atoms with van der Waals surface area (Å²) in [7, 11) is 0. The van der Waals surface area contributed by atoms with Crippen LogP contribution in [-0.4, -0.2) is 5.38 Å². The van der Waals surface area contributed by atoms with E-state index in [4.69, 9.17) is 11.6 Å². The molecule has 0 saturated heterocycles. The van der Waals surface area contributed by atoms with Gasteiger partial charge in [0.05, 0.1) is 5.56 Å². The summed E-state index contributed by atoms with van der Waals surface area (Å²) in [6, 6.07) is 3.17. The van der Waals surface area contributed by atoms with Crippen LogP contribution in [0.3, 0.4) is 0 Å². The molecule has 1 fully saturated rings. The molecule has 2 rings (SSSR count). The van der Waals surface area contributed by atoms with E-state index >= 15 is 0 Å². The Hall–Kier alpha value is -0.770. The maximum atomic E-state index is 13.6. The van der Waals surface area contributed by atoms with Crippen molar-refractivity contribution in [2.45, 2.75) is 49.6 Å². The van der Waals surface area contributed by atoms with Gasteiger partial charge in [-0.15, -0.1) is 11.6 Å². The zero-order valence-corrected chi connectivity index (χ0v) is 11.1. The molecule has 0 spiro atoms. The highest BCUT2D eigenvalue weighted by Gasteiger charge is 2.34. The first-order chi connectivity index (χ1) is 8.89. The van der Waals surface area contributed by atoms with E-state index in [1.165, 1.54) is 6.07 Å². The number of hydrogen-bond donors (Lipinski definition) is 0. The normalized spacial score (nSPS) is 25.1. The van der Waals surface area contributed by atoms with Crippen LogP contribution in [0.5, 0.6) is 0 Å². The van der Waals surface area contributed by atoms with Gasteiger partial charge in [0.2, 0.25) is 0 Å². The van der Waals surface area contributed by atoms with Crippen LogP contribution < -0.4 is 0 Å². The SMILES string of the molecule is Fc1cc(C2CCCCCC2Cl)ccc1C(F)(F)F. The van der Waals surface area contributed by atoms with Crippen molar-refractivity contribution in [1.82, 2.24) is 0 Å². The highest BCUT2D eigenvalue weighted by molar-refractivity contribution is 6.21. The molecule has 2 atom stereocenters. The minimum absolute atomic E-state index is 0.0547. The van der Waals surface area contributed by atoms with E-state index in [0.717, 1.165) is 44.2 Å². The van der Waals surface area contributed by atoms with Crippen LogP contribution in [0.1, 0.15) is 49.1 Å². The fraction of sp³-hybridized carbons (Fsp3) is 0.571. The van der Waals surface area contributed by atoms with Crippen molar-refractivity contribution in [3.05, 3.63) is 35.1 Å². The average Bonchev–Trinajstić information content (AvgIpc) is 2.52. The third-order valence-electron chi connectivity index (χ3n) is 3.66. The fourth-order valence-electron chi connectivity index (χ4n) is 2.63. The van der Waals surface area contributed by atoms with Crippen LogP contribution in [0.15, 0.2) is 18.2 Å². The molecule has 0 heterocycles. The van der Waals surface area contributed by atoms with Crippen LogP contribution in [0.25, 0.3) is 0 Å². The summed E-state index contributed by atoms with van der Waals surface area (Å²) in [4.78, 5) is 0. The number of halogens is 5. The second-order valence-corrected chi connectivity index (χ2v) is 5.56. The Kier molecular flexibility index (Phi) is 4.39. The topological polar surface area (TPSA) is 0 Å². The summed E-state index contributed by atoms with van der Waals surface area (Å²) in [5.41, 5.74) is -0.636. The van der Waals surface area contributed by atoms with Gasteiger partial charge in [-0.25, -0.2) is 4.39 Å². The summed E-state index contributed by atoms with van der Waals surface area (Å²) >= 11 is 6.26. The van der Waals surface area contributed by atoms with E-state index in [1.807, 2.05) is 0 Å². The van der Waals surface area contributed by atoms with Crippen molar-refractivity contribution in [3.8, 4) is 0 Å². The second kappa shape index (κ2) is 5.70. The molecule has 106 valence electrons. The first-order valence-corrected chi connectivity index (χ1v) is 6.84. The third kappa shape index (κ3) is 3.41. The van der Waals surface area contributed by atoms with E-state index in [1.54, 1.807) is 0 Å². The van der Waals surface area contributed by atoms with Gasteiger partial charge in [-0.2, -0.15) is 13.2 Å². The Morgan fingerprint density at radius 2 is 1.74 bits per heavy atom. The molecule has 0 aliphatic heterocycles. The predicted octanol–water partition coefficient (Wildman–Crippen LogP) is 5.50. The monoisotopic (exact) mass is 294 g/mol. The minimum atomic E-state index is -4.65. The highest BCUT2D eigenvalue weighted by Crippen LogP contribution is 2.38. The predicted molar refractivity (Wildman–Crippen MR) is 66.9 cm³/mol. The number of hydrogen-bond acceptors (Lipinski definition) is 0. The molecule has 0 aromatic heterocycles. The molecule has 19 heavy (non-hydrogen) atoms. The van der Waals surface area contributed by atoms with E-state index < -0.39 is 17.6 Å². The van der Waals surface area contributed by atoms with Crippen molar-refractivity contribution >= 4 is 11.6 Å². The summed E-state index contributed by atoms with van der Waals surface area (Å²) in [6.07, 6.45) is 0.0629. The lowest BCUT2D eigenvalue weighted by Crippen LogP contribution is -2.13. The van der Waals surface area contributed by atoms with Crippen LogP contribution in [-0.2, 0) is 6.18 Å². The number of rotatable bonds is 1. The smallest absolute Gasteiger partial charge is 0.206 e. The van der Waals surface area contributed by atoms with E-state index in [9.17, 15) is 17.6 Å². The van der Waals surface area contributed by atoms with Gasteiger partial charge >= 0.3 is 6.18 Å². The lowest BCUT2D eigenvalue weighted by Gasteiger charge is -2.21. The van der Waals surface area contributed by atoms with Gasteiger partial charge in [0.25, 0.3) is 0 Å². The Labute approximate surface area is 114 Å². The minimum Gasteiger partial charge on any atom is -0.206 e. The zero-order chi connectivity index (χ0) is 14.0. The molecule has 0 N–H and O–H groups in total. The first-order valence-electron chi connectivity index (χ1n) is 6.40. The van der Waals surface area contributed by atoms with E-state index in [0.29, 0.717) is 5.56 Å². The average molecular weight is 295 g/mol. The maximum absolute atomic E-state index is 13.6. The Balaban J connectivity index is 2.28. The zero-order valence-electron chi connectivity index (χ0n) is 10.3. The summed E-state index contributed by atoms with van der Waals surface area (Å²) in [5.74, 6) is -1.26. The molecule has 1 aliphatic carbocycles. The quantitative estimate of drug-likeness (QED) is 0.364. The van der Waals surface area contributed by atoms with Crippen molar-refractivity contribution in [1.29, 1.82) is 0 Å². The summed E-state index contributed by atoms with van der Waals surface area (Å²) in [5, 5.41) is -0.126. The molecule has 0 bridgehead atoms. The first kappa shape index (κ1) is 14.6. The van der Waals surface area contributed by atoms with Gasteiger partial charge in [0.1, 0.15) is 5.82 Å². The summed E-state index contributed by atoms with van der Waals surface area (Å²) < 4.78 is 51.1. The van der Waals surface area contributed by atoms with Crippen LogP contribution in [0.2, 0.25) is 0 Å². The molecule has 0 nitrogen and oxygen atoms in total.